The van der Waals surface area contributed by atoms with Crippen LogP contribution in [-0.2, 0) is 0 Å². The second-order valence-electron chi connectivity index (χ2n) is 4.59. The molecule has 4 heteroatoms. The fourth-order valence-corrected chi connectivity index (χ4v) is 2.30. The first-order valence-electron chi connectivity index (χ1n) is 5.62. The van der Waals surface area contributed by atoms with Gasteiger partial charge in [0, 0.05) is 23.6 Å². The van der Waals surface area contributed by atoms with Crippen LogP contribution in [0.3, 0.4) is 0 Å². The van der Waals surface area contributed by atoms with Crippen molar-refractivity contribution < 1.29 is 0 Å². The summed E-state index contributed by atoms with van der Waals surface area (Å²) in [5, 5.41) is 0. The molecule has 1 aromatic heterocycles. The maximum atomic E-state index is 4.61. The van der Waals surface area contributed by atoms with Crippen molar-refractivity contribution in [3.05, 3.63) is 22.3 Å². The predicted molar refractivity (Wildman–Crippen MR) is 71.0 cm³/mol. The third kappa shape index (κ3) is 2.38. The van der Waals surface area contributed by atoms with Crippen molar-refractivity contribution in [2.45, 2.75) is 19.4 Å². The van der Waals surface area contributed by atoms with Crippen molar-refractivity contribution in [1.82, 2.24) is 9.88 Å². The molecule has 0 saturated carbocycles. The van der Waals surface area contributed by atoms with Crippen LogP contribution in [0.25, 0.3) is 0 Å². The van der Waals surface area contributed by atoms with E-state index in [-0.39, 0.29) is 0 Å². The Hall–Kier alpha value is -0.610. The minimum absolute atomic E-state index is 0.658. The van der Waals surface area contributed by atoms with E-state index in [2.05, 4.69) is 56.9 Å². The highest BCUT2D eigenvalue weighted by Gasteiger charge is 2.24. The van der Waals surface area contributed by atoms with Crippen molar-refractivity contribution >= 4 is 21.7 Å². The number of hydrogen-bond acceptors (Lipinski definition) is 3. The van der Waals surface area contributed by atoms with Crippen molar-refractivity contribution in [3.8, 4) is 0 Å². The number of pyridine rings is 1. The number of anilines is 1. The molecule has 0 spiro atoms. The summed E-state index contributed by atoms with van der Waals surface area (Å²) >= 11 is 3.48. The fraction of sp³-hybridized carbons (Fsp3) is 0.583. The Morgan fingerprint density at radius 2 is 2.19 bits per heavy atom. The smallest absolute Gasteiger partial charge is 0.128 e. The Kier molecular flexibility index (Phi) is 3.50. The van der Waals surface area contributed by atoms with E-state index in [1.54, 1.807) is 0 Å². The highest BCUT2D eigenvalue weighted by molar-refractivity contribution is 9.10. The van der Waals surface area contributed by atoms with E-state index in [1.165, 1.54) is 6.42 Å². The van der Waals surface area contributed by atoms with Crippen LogP contribution in [0.15, 0.2) is 16.6 Å². The Labute approximate surface area is 106 Å². The van der Waals surface area contributed by atoms with Crippen LogP contribution in [0.1, 0.15) is 12.1 Å². The molecule has 2 rings (SSSR count). The summed E-state index contributed by atoms with van der Waals surface area (Å²) < 4.78 is 1.08. The molecule has 0 aromatic carbocycles. The molecule has 0 N–H and O–H groups in total. The first kappa shape index (κ1) is 11.9. The lowest BCUT2D eigenvalue weighted by Gasteiger charge is -2.21. The van der Waals surface area contributed by atoms with Gasteiger partial charge in [-0.15, -0.1) is 0 Å². The summed E-state index contributed by atoms with van der Waals surface area (Å²) in [5.41, 5.74) is 1.06. The monoisotopic (exact) mass is 283 g/mol. The quantitative estimate of drug-likeness (QED) is 0.830. The minimum atomic E-state index is 0.658. The highest BCUT2D eigenvalue weighted by atomic mass is 79.9. The van der Waals surface area contributed by atoms with Gasteiger partial charge >= 0.3 is 0 Å². The van der Waals surface area contributed by atoms with Crippen LogP contribution < -0.4 is 4.90 Å². The van der Waals surface area contributed by atoms with Gasteiger partial charge in [0.2, 0.25) is 0 Å². The summed E-state index contributed by atoms with van der Waals surface area (Å²) in [4.78, 5) is 9.27. The number of halogens is 1. The van der Waals surface area contributed by atoms with E-state index in [0.29, 0.717) is 6.04 Å². The Morgan fingerprint density at radius 3 is 2.75 bits per heavy atom. The lowest BCUT2D eigenvalue weighted by Crippen LogP contribution is -2.31. The third-order valence-electron chi connectivity index (χ3n) is 3.22. The molecule has 1 saturated heterocycles. The van der Waals surface area contributed by atoms with Gasteiger partial charge in [-0.1, -0.05) is 0 Å². The summed E-state index contributed by atoms with van der Waals surface area (Å²) in [6, 6.07) is 4.83. The zero-order valence-electron chi connectivity index (χ0n) is 10.1. The zero-order valence-corrected chi connectivity index (χ0v) is 11.7. The van der Waals surface area contributed by atoms with E-state index in [1.807, 2.05) is 6.92 Å². The second kappa shape index (κ2) is 4.72. The minimum Gasteiger partial charge on any atom is -0.355 e. The maximum Gasteiger partial charge on any atom is 0.128 e. The summed E-state index contributed by atoms with van der Waals surface area (Å²) in [6.45, 7) is 4.23. The van der Waals surface area contributed by atoms with Crippen LogP contribution in [0.5, 0.6) is 0 Å². The molecule has 1 atom stereocenters. The Balaban J connectivity index is 2.11. The molecule has 0 amide bonds. The SMILES string of the molecule is Cc1nc(N2CCC(N(C)C)C2)ccc1Br. The molecule has 2 heterocycles. The van der Waals surface area contributed by atoms with E-state index >= 15 is 0 Å². The number of rotatable bonds is 2. The normalized spacial score (nSPS) is 20.8. The molecular formula is C12H18BrN3. The molecule has 1 unspecified atom stereocenters. The molecule has 0 aliphatic carbocycles. The molecule has 1 aliphatic heterocycles. The molecule has 1 fully saturated rings. The Morgan fingerprint density at radius 1 is 1.44 bits per heavy atom. The standard InChI is InChI=1S/C12H18BrN3/c1-9-11(13)4-5-12(14-9)16-7-6-10(8-16)15(2)3/h4-5,10H,6-8H2,1-3H3. The molecule has 88 valence electrons. The predicted octanol–water partition coefficient (Wildman–Crippen LogP) is 2.29. The van der Waals surface area contributed by atoms with E-state index in [9.17, 15) is 0 Å². The van der Waals surface area contributed by atoms with Gasteiger partial charge in [0.1, 0.15) is 5.82 Å². The summed E-state index contributed by atoms with van der Waals surface area (Å²) in [5.74, 6) is 1.10. The number of nitrogens with zero attached hydrogens (tertiary/aromatic N) is 3. The van der Waals surface area contributed by atoms with E-state index < -0.39 is 0 Å². The molecule has 1 aromatic rings. The highest BCUT2D eigenvalue weighted by Crippen LogP contribution is 2.23. The fourth-order valence-electron chi connectivity index (χ4n) is 2.08. The van der Waals surface area contributed by atoms with Crippen molar-refractivity contribution in [1.29, 1.82) is 0 Å². The Bertz CT molecular complexity index is 379. The van der Waals surface area contributed by atoms with Crippen LogP contribution in [0.2, 0.25) is 0 Å². The van der Waals surface area contributed by atoms with Crippen LogP contribution >= 0.6 is 15.9 Å². The molecular weight excluding hydrogens is 266 g/mol. The summed E-state index contributed by atoms with van der Waals surface area (Å²) in [7, 11) is 4.29. The van der Waals surface area contributed by atoms with Gasteiger partial charge in [-0.25, -0.2) is 4.98 Å². The van der Waals surface area contributed by atoms with Gasteiger partial charge in [0.05, 0.1) is 5.69 Å². The number of aryl methyl sites for hydroxylation is 1. The lowest BCUT2D eigenvalue weighted by atomic mass is 10.2. The molecule has 1 aliphatic rings. The molecule has 3 nitrogen and oxygen atoms in total. The van der Waals surface area contributed by atoms with Crippen molar-refractivity contribution in [2.75, 3.05) is 32.1 Å². The molecule has 0 radical (unpaired) electrons. The van der Waals surface area contributed by atoms with Gasteiger partial charge in [-0.05, 0) is 55.5 Å². The molecule has 16 heavy (non-hydrogen) atoms. The van der Waals surface area contributed by atoms with Crippen LogP contribution in [0.4, 0.5) is 5.82 Å². The third-order valence-corrected chi connectivity index (χ3v) is 4.06. The maximum absolute atomic E-state index is 4.61. The van der Waals surface area contributed by atoms with Crippen molar-refractivity contribution in [3.63, 3.8) is 0 Å². The largest absolute Gasteiger partial charge is 0.355 e. The second-order valence-corrected chi connectivity index (χ2v) is 5.44. The van der Waals surface area contributed by atoms with Gasteiger partial charge in [-0.3, -0.25) is 0 Å². The average molecular weight is 284 g/mol. The van der Waals surface area contributed by atoms with E-state index in [4.69, 9.17) is 0 Å². The van der Waals surface area contributed by atoms with Gasteiger partial charge in [-0.2, -0.15) is 0 Å². The van der Waals surface area contributed by atoms with Gasteiger partial charge in [0.15, 0.2) is 0 Å². The number of hydrogen-bond donors (Lipinski definition) is 0. The topological polar surface area (TPSA) is 19.4 Å². The van der Waals surface area contributed by atoms with Gasteiger partial charge < -0.3 is 9.80 Å². The van der Waals surface area contributed by atoms with E-state index in [0.717, 1.165) is 29.1 Å². The number of likely N-dealkylation sites (N-methyl/N-ethyl adjacent to an activating group) is 1. The van der Waals surface area contributed by atoms with Crippen LogP contribution in [-0.4, -0.2) is 43.1 Å². The number of aromatic nitrogens is 1. The first-order chi connectivity index (χ1) is 7.58. The first-order valence-corrected chi connectivity index (χ1v) is 6.42. The lowest BCUT2D eigenvalue weighted by molar-refractivity contribution is 0.315. The van der Waals surface area contributed by atoms with Crippen molar-refractivity contribution in [2.24, 2.45) is 0 Å². The van der Waals surface area contributed by atoms with Gasteiger partial charge in [0.25, 0.3) is 0 Å². The van der Waals surface area contributed by atoms with Crippen LogP contribution in [0, 0.1) is 6.92 Å². The average Bonchev–Trinajstić information content (AvgIpc) is 2.71. The molecule has 0 bridgehead atoms. The zero-order chi connectivity index (χ0) is 11.7. The summed E-state index contributed by atoms with van der Waals surface area (Å²) in [6.07, 6.45) is 1.23.